The van der Waals surface area contributed by atoms with Gasteiger partial charge in [0.15, 0.2) is 11.6 Å². The van der Waals surface area contributed by atoms with Gasteiger partial charge in [0.2, 0.25) is 0 Å². The summed E-state index contributed by atoms with van der Waals surface area (Å²) in [4.78, 5) is 25.5. The Morgan fingerprint density at radius 3 is 1.79 bits per heavy atom. The Kier molecular flexibility index (Phi) is 11.5. The lowest BCUT2D eigenvalue weighted by atomic mass is 9.77. The van der Waals surface area contributed by atoms with Crippen LogP contribution in [0, 0.1) is 56.3 Å². The quantitative estimate of drug-likeness (QED) is 0.324. The third-order valence-corrected chi connectivity index (χ3v) is 8.75. The summed E-state index contributed by atoms with van der Waals surface area (Å²) >= 11 is 0. The van der Waals surface area contributed by atoms with Gasteiger partial charge in [-0.15, -0.1) is 0 Å². The van der Waals surface area contributed by atoms with Gasteiger partial charge >= 0.3 is 0 Å². The molecule has 2 aliphatic heterocycles. The van der Waals surface area contributed by atoms with Gasteiger partial charge in [0, 0.05) is 11.6 Å². The highest BCUT2D eigenvalue weighted by Gasteiger charge is 2.40. The molecule has 43 heavy (non-hydrogen) atoms. The molecule has 2 aromatic carbocycles. The van der Waals surface area contributed by atoms with E-state index in [4.69, 9.17) is 14.2 Å². The summed E-state index contributed by atoms with van der Waals surface area (Å²) < 4.78 is 17.5. The number of Topliss-reactive ketones (excluding diaryl/α,β-unsaturated/α-hetero) is 1. The highest BCUT2D eigenvalue weighted by atomic mass is 16.5. The fourth-order valence-electron chi connectivity index (χ4n) is 6.02. The highest BCUT2D eigenvalue weighted by Crippen LogP contribution is 2.37. The number of benzene rings is 2. The molecule has 0 saturated heterocycles. The Bertz CT molecular complexity index is 1360. The van der Waals surface area contributed by atoms with E-state index in [2.05, 4.69) is 81.4 Å². The summed E-state index contributed by atoms with van der Waals surface area (Å²) in [6.45, 7) is 23.0. The third kappa shape index (κ3) is 7.79. The molecule has 0 amide bonds. The predicted molar refractivity (Wildman–Crippen MR) is 176 cm³/mol. The predicted octanol–water partition coefficient (Wildman–Crippen LogP) is 8.78. The van der Waals surface area contributed by atoms with Crippen molar-refractivity contribution in [3.63, 3.8) is 0 Å². The van der Waals surface area contributed by atoms with Crippen molar-refractivity contribution in [1.29, 1.82) is 0 Å². The lowest BCUT2D eigenvalue weighted by molar-refractivity contribution is -0.127. The summed E-state index contributed by atoms with van der Waals surface area (Å²) in [7, 11) is 1.64. The van der Waals surface area contributed by atoms with Crippen molar-refractivity contribution >= 4 is 22.9 Å². The van der Waals surface area contributed by atoms with Crippen LogP contribution in [0.5, 0.6) is 5.75 Å². The van der Waals surface area contributed by atoms with Crippen LogP contribution in [-0.2, 0) is 19.1 Å². The first-order chi connectivity index (χ1) is 20.2. The van der Waals surface area contributed by atoms with Gasteiger partial charge in [0.1, 0.15) is 23.7 Å². The van der Waals surface area contributed by atoms with Gasteiger partial charge in [0.25, 0.3) is 0 Å². The number of hydrogen-bond acceptors (Lipinski definition) is 5. The summed E-state index contributed by atoms with van der Waals surface area (Å²) in [5, 5.41) is 0. The van der Waals surface area contributed by atoms with E-state index in [9.17, 15) is 9.59 Å². The van der Waals surface area contributed by atoms with E-state index in [-0.39, 0.29) is 41.5 Å². The largest absolute Gasteiger partial charge is 0.496 e. The number of hydrogen-bond donors (Lipinski definition) is 0. The van der Waals surface area contributed by atoms with E-state index < -0.39 is 0 Å². The second kappa shape index (κ2) is 14.4. The molecule has 0 aromatic heterocycles. The van der Waals surface area contributed by atoms with E-state index in [0.29, 0.717) is 23.3 Å². The summed E-state index contributed by atoms with van der Waals surface area (Å²) in [5.74, 6) is 2.90. The molecule has 2 aliphatic rings. The zero-order valence-corrected chi connectivity index (χ0v) is 28.3. The molecule has 4 rings (SSSR count). The Hall–Kier alpha value is -3.34. The Balaban J connectivity index is 0.000000236. The van der Waals surface area contributed by atoms with Gasteiger partial charge in [-0.25, -0.2) is 0 Å². The molecular weight excluding hydrogens is 536 g/mol. The molecule has 0 N–H and O–H groups in total. The molecule has 5 heteroatoms. The highest BCUT2D eigenvalue weighted by molar-refractivity contribution is 6.22. The third-order valence-electron chi connectivity index (χ3n) is 8.75. The molecule has 5 nitrogen and oxygen atoms in total. The number of methoxy groups -OCH3 is 1. The van der Waals surface area contributed by atoms with Gasteiger partial charge in [-0.1, -0.05) is 79.7 Å². The average Bonchev–Trinajstić information content (AvgIpc) is 2.94. The molecule has 0 saturated carbocycles. The minimum Gasteiger partial charge on any atom is -0.496 e. The molecular formula is C38H52O5. The first-order valence-corrected chi connectivity index (χ1v) is 15.7. The smallest absolute Gasteiger partial charge is 0.173 e. The number of allylic oxidation sites excluding steroid dienone is 2. The zero-order valence-electron chi connectivity index (χ0n) is 28.3. The number of aryl methyl sites for hydroxylation is 3. The van der Waals surface area contributed by atoms with Crippen molar-refractivity contribution in [2.75, 3.05) is 7.11 Å². The SMILES string of the molecule is COc1cc(C2=COC(C(C)C)C(C(C)C)C2=O)ccc1C.Cc1ccc(C2=CC(=O)C(C(C)C)C(C(C)C)O2)cc1C. The summed E-state index contributed by atoms with van der Waals surface area (Å²) in [5.41, 5.74) is 6.03. The van der Waals surface area contributed by atoms with Crippen molar-refractivity contribution in [3.8, 4) is 5.75 Å². The number of ether oxygens (including phenoxy) is 3. The fraction of sp³-hybridized carbons (Fsp3) is 0.526. The van der Waals surface area contributed by atoms with Gasteiger partial charge < -0.3 is 14.2 Å². The molecule has 0 radical (unpaired) electrons. The number of rotatable bonds is 7. The molecule has 2 heterocycles. The van der Waals surface area contributed by atoms with E-state index in [1.54, 1.807) is 19.4 Å². The number of carbonyl (C=O) groups is 2. The van der Waals surface area contributed by atoms with Gasteiger partial charge in [-0.2, -0.15) is 0 Å². The van der Waals surface area contributed by atoms with Crippen LogP contribution in [0.4, 0.5) is 0 Å². The van der Waals surface area contributed by atoms with Gasteiger partial charge in [-0.3, -0.25) is 9.59 Å². The van der Waals surface area contributed by atoms with Crippen LogP contribution >= 0.6 is 0 Å². The van der Waals surface area contributed by atoms with E-state index in [1.807, 2.05) is 31.2 Å². The lowest BCUT2D eigenvalue weighted by Gasteiger charge is -2.36. The molecule has 0 aliphatic carbocycles. The van der Waals surface area contributed by atoms with Gasteiger partial charge in [0.05, 0.1) is 30.8 Å². The molecule has 4 atom stereocenters. The van der Waals surface area contributed by atoms with Crippen molar-refractivity contribution in [2.24, 2.45) is 35.5 Å². The van der Waals surface area contributed by atoms with Crippen LogP contribution in [0.1, 0.15) is 83.2 Å². The maximum absolute atomic E-state index is 13.0. The van der Waals surface area contributed by atoms with Crippen LogP contribution < -0.4 is 4.74 Å². The Labute approximate surface area is 259 Å². The summed E-state index contributed by atoms with van der Waals surface area (Å²) in [6.07, 6.45) is 3.23. The molecule has 4 unspecified atom stereocenters. The molecule has 0 spiro atoms. The van der Waals surface area contributed by atoms with Crippen LogP contribution in [0.15, 0.2) is 48.7 Å². The van der Waals surface area contributed by atoms with Crippen molar-refractivity contribution < 1.29 is 23.8 Å². The number of carbonyl (C=O) groups excluding carboxylic acids is 2. The number of ketones is 2. The Morgan fingerprint density at radius 2 is 1.26 bits per heavy atom. The maximum Gasteiger partial charge on any atom is 0.173 e. The van der Waals surface area contributed by atoms with Crippen LogP contribution in [-0.4, -0.2) is 30.9 Å². The topological polar surface area (TPSA) is 61.8 Å². The lowest BCUT2D eigenvalue weighted by Crippen LogP contribution is -2.40. The zero-order chi connectivity index (χ0) is 32.2. The summed E-state index contributed by atoms with van der Waals surface area (Å²) in [6, 6.07) is 12.1. The maximum atomic E-state index is 13.0. The minimum atomic E-state index is -0.104. The van der Waals surface area contributed by atoms with E-state index in [1.165, 1.54) is 11.1 Å². The van der Waals surface area contributed by atoms with E-state index >= 15 is 0 Å². The second-order valence-corrected chi connectivity index (χ2v) is 13.5. The van der Waals surface area contributed by atoms with Crippen LogP contribution in [0.25, 0.3) is 11.3 Å². The molecule has 0 fully saturated rings. The van der Waals surface area contributed by atoms with Crippen LogP contribution in [0.2, 0.25) is 0 Å². The van der Waals surface area contributed by atoms with Crippen molar-refractivity contribution in [1.82, 2.24) is 0 Å². The fourth-order valence-corrected chi connectivity index (χ4v) is 6.02. The first kappa shape index (κ1) is 34.2. The van der Waals surface area contributed by atoms with Crippen molar-refractivity contribution in [2.45, 2.75) is 88.4 Å². The molecule has 0 bridgehead atoms. The first-order valence-electron chi connectivity index (χ1n) is 15.7. The van der Waals surface area contributed by atoms with E-state index in [0.717, 1.165) is 28.2 Å². The molecule has 2 aromatic rings. The van der Waals surface area contributed by atoms with Crippen molar-refractivity contribution in [3.05, 3.63) is 76.6 Å². The normalized spacial score (nSPS) is 22.1. The Morgan fingerprint density at radius 1 is 0.674 bits per heavy atom. The average molecular weight is 589 g/mol. The monoisotopic (exact) mass is 588 g/mol. The van der Waals surface area contributed by atoms with Crippen LogP contribution in [0.3, 0.4) is 0 Å². The molecule has 234 valence electrons. The standard InChI is InChI=1S/C19H26O3.C19H26O2/c1-11(2)17-18(20)15(10-22-19(17)12(3)4)14-8-7-13(5)16(9-14)21-6;1-11(2)18-16(20)10-17(21-19(18)12(3)4)15-8-7-13(5)14(6)9-15/h7-12,17,19H,1-6H3;7-12,18-19H,1-6H3. The second-order valence-electron chi connectivity index (χ2n) is 13.5. The van der Waals surface area contributed by atoms with Gasteiger partial charge in [-0.05, 0) is 78.8 Å². The minimum absolute atomic E-state index is 0.0414.